The smallest absolute Gasteiger partial charge is 0.550 e. The van der Waals surface area contributed by atoms with Gasteiger partial charge in [0.15, 0.2) is 5.75 Å². The summed E-state index contributed by atoms with van der Waals surface area (Å²) in [5, 5.41) is 30.7. The summed E-state index contributed by atoms with van der Waals surface area (Å²) in [6, 6.07) is 4.41. The van der Waals surface area contributed by atoms with Crippen molar-refractivity contribution < 1.29 is 52.4 Å². The average molecular weight is 365 g/mol. The molecule has 0 aliphatic rings. The van der Waals surface area contributed by atoms with Crippen molar-refractivity contribution in [2.24, 2.45) is 0 Å². The third-order valence-electron chi connectivity index (χ3n) is 2.64. The highest BCUT2D eigenvalue weighted by Gasteiger charge is 2.34. The first-order valence-electron chi connectivity index (χ1n) is 6.37. The number of carbonyl (C=O) groups is 3. The first-order chi connectivity index (χ1) is 11.4. The summed E-state index contributed by atoms with van der Waals surface area (Å²) >= 11 is 0. The van der Waals surface area contributed by atoms with Crippen LogP contribution in [0, 0.1) is 0 Å². The fourth-order valence-corrected chi connectivity index (χ4v) is 1.60. The van der Waals surface area contributed by atoms with Crippen LogP contribution >= 0.6 is 0 Å². The zero-order valence-electron chi connectivity index (χ0n) is 12.2. The number of carboxylic acid groups (broad SMARTS) is 2. The molecule has 9 nitrogen and oxygen atoms in total. The van der Waals surface area contributed by atoms with Gasteiger partial charge in [0.1, 0.15) is 11.3 Å². The van der Waals surface area contributed by atoms with Gasteiger partial charge in [-0.2, -0.15) is 0 Å². The van der Waals surface area contributed by atoms with Gasteiger partial charge in [0, 0.05) is 12.4 Å². The number of rotatable bonds is 8. The van der Waals surface area contributed by atoms with Crippen molar-refractivity contribution in [3.63, 3.8) is 0 Å². The average Bonchev–Trinajstić information content (AvgIpc) is 2.43. The van der Waals surface area contributed by atoms with E-state index in [9.17, 15) is 42.9 Å². The Morgan fingerprint density at radius 2 is 1.72 bits per heavy atom. The fraction of sp³-hybridized carbons (Fsp3) is 0.308. The number of hydrogen-bond donors (Lipinski definition) is 2. The van der Waals surface area contributed by atoms with Crippen LogP contribution in [0.5, 0.6) is 5.75 Å². The number of benzene rings is 1. The van der Waals surface area contributed by atoms with E-state index in [1.54, 1.807) is 5.48 Å². The van der Waals surface area contributed by atoms with E-state index in [4.69, 9.17) is 0 Å². The number of halogens is 3. The van der Waals surface area contributed by atoms with Gasteiger partial charge in [-0.3, -0.25) is 0 Å². The van der Waals surface area contributed by atoms with Gasteiger partial charge >= 0.3 is 12.3 Å². The van der Waals surface area contributed by atoms with E-state index in [0.717, 1.165) is 12.1 Å². The van der Waals surface area contributed by atoms with Gasteiger partial charge in [0.25, 0.3) is 0 Å². The van der Waals surface area contributed by atoms with Gasteiger partial charge in [-0.15, -0.1) is 13.2 Å². The number of carbonyl (C=O) groups excluding carboxylic acids is 3. The number of aliphatic hydroxyl groups is 1. The number of carboxylic acids is 2. The highest BCUT2D eigenvalue weighted by atomic mass is 19.4. The van der Waals surface area contributed by atoms with E-state index in [1.165, 1.54) is 12.1 Å². The molecule has 0 fully saturated rings. The van der Waals surface area contributed by atoms with Gasteiger partial charge in [0.2, 0.25) is 0 Å². The van der Waals surface area contributed by atoms with Crippen molar-refractivity contribution in [3.05, 3.63) is 24.3 Å². The molecule has 0 saturated heterocycles. The summed E-state index contributed by atoms with van der Waals surface area (Å²) in [6.45, 7) is 0. The molecule has 0 spiro atoms. The predicted molar refractivity (Wildman–Crippen MR) is 67.0 cm³/mol. The third-order valence-corrected chi connectivity index (χ3v) is 2.64. The van der Waals surface area contributed by atoms with Crippen LogP contribution in [0.3, 0.4) is 0 Å². The van der Waals surface area contributed by atoms with Crippen molar-refractivity contribution in [2.75, 3.05) is 5.48 Å². The van der Waals surface area contributed by atoms with Crippen LogP contribution in [-0.4, -0.2) is 35.0 Å². The molecule has 0 saturated carbocycles. The van der Waals surface area contributed by atoms with Crippen LogP contribution in [-0.2, 0) is 19.2 Å². The van der Waals surface area contributed by atoms with E-state index in [2.05, 4.69) is 9.57 Å². The van der Waals surface area contributed by atoms with E-state index < -0.39 is 54.1 Å². The lowest BCUT2D eigenvalue weighted by Crippen LogP contribution is -2.53. The molecule has 1 aromatic rings. The van der Waals surface area contributed by atoms with Gasteiger partial charge < -0.3 is 34.5 Å². The number of alkyl halides is 3. The molecule has 1 aromatic carbocycles. The largest absolute Gasteiger partial charge is 0.573 e. The third kappa shape index (κ3) is 6.55. The van der Waals surface area contributed by atoms with Crippen molar-refractivity contribution in [1.82, 2.24) is 0 Å². The maximum absolute atomic E-state index is 12.2. The Balaban J connectivity index is 2.77. The van der Waals surface area contributed by atoms with Crippen LogP contribution in [0.4, 0.5) is 18.9 Å². The molecular weight excluding hydrogens is 355 g/mol. The summed E-state index contributed by atoms with van der Waals surface area (Å²) in [4.78, 5) is 37.0. The monoisotopic (exact) mass is 365 g/mol. The molecule has 138 valence electrons. The molecule has 0 heterocycles. The number of hydrogen-bond acceptors (Lipinski definition) is 9. The van der Waals surface area contributed by atoms with E-state index in [-0.39, 0.29) is 0 Å². The Labute approximate surface area is 137 Å². The number of ether oxygens (including phenoxy) is 1. The van der Waals surface area contributed by atoms with Crippen LogP contribution in [0.1, 0.15) is 12.8 Å². The lowest BCUT2D eigenvalue weighted by Gasteiger charge is -2.28. The number of anilines is 1. The number of para-hydroxylation sites is 2. The second kappa shape index (κ2) is 7.70. The van der Waals surface area contributed by atoms with Crippen LogP contribution < -0.4 is 20.4 Å². The summed E-state index contributed by atoms with van der Waals surface area (Å²) in [7, 11) is 0. The van der Waals surface area contributed by atoms with Gasteiger partial charge in [-0.25, -0.2) is 10.3 Å². The van der Waals surface area contributed by atoms with Crippen molar-refractivity contribution in [3.8, 4) is 5.75 Å². The molecule has 12 heteroatoms. The van der Waals surface area contributed by atoms with Gasteiger partial charge in [0.05, 0.1) is 12.4 Å². The molecule has 0 radical (unpaired) electrons. The highest BCUT2D eigenvalue weighted by Crippen LogP contribution is 2.30. The van der Waals surface area contributed by atoms with Crippen molar-refractivity contribution in [1.29, 1.82) is 0 Å². The minimum absolute atomic E-state index is 0.440. The maximum atomic E-state index is 12.2. The van der Waals surface area contributed by atoms with Gasteiger partial charge in [-0.05, 0) is 12.1 Å². The van der Waals surface area contributed by atoms with Crippen molar-refractivity contribution in [2.45, 2.75) is 24.8 Å². The quantitative estimate of drug-likeness (QED) is 0.523. The second-order valence-corrected chi connectivity index (χ2v) is 4.66. The molecule has 0 bridgehead atoms. The maximum Gasteiger partial charge on any atom is 0.573 e. The molecule has 1 atom stereocenters. The first-order valence-corrected chi connectivity index (χ1v) is 6.37. The Morgan fingerprint density at radius 3 is 2.24 bits per heavy atom. The predicted octanol–water partition coefficient (Wildman–Crippen LogP) is -1.53. The Hall–Kier alpha value is -3.02. The molecule has 0 aliphatic carbocycles. The van der Waals surface area contributed by atoms with Crippen LogP contribution in [0.25, 0.3) is 0 Å². The summed E-state index contributed by atoms with van der Waals surface area (Å²) in [5.74, 6) is -6.49. The number of aliphatic carboxylic acids is 2. The molecule has 2 N–H and O–H groups in total. The fourth-order valence-electron chi connectivity index (χ4n) is 1.60. The Kier molecular flexibility index (Phi) is 6.17. The van der Waals surface area contributed by atoms with E-state index in [0.29, 0.717) is 0 Å². The Bertz CT molecular complexity index is 663. The second-order valence-electron chi connectivity index (χ2n) is 4.66. The molecule has 0 aliphatic heterocycles. The lowest BCUT2D eigenvalue weighted by atomic mass is 9.96. The van der Waals surface area contributed by atoms with Gasteiger partial charge in [-0.1, -0.05) is 12.1 Å². The molecular formula is C13H10F3NO8-2. The zero-order chi connectivity index (χ0) is 19.3. The van der Waals surface area contributed by atoms with E-state index >= 15 is 0 Å². The molecule has 25 heavy (non-hydrogen) atoms. The molecule has 1 rings (SSSR count). The van der Waals surface area contributed by atoms with E-state index in [1.807, 2.05) is 0 Å². The summed E-state index contributed by atoms with van der Waals surface area (Å²) in [6.07, 6.45) is -7.84. The topological polar surface area (TPSA) is 148 Å². The summed E-state index contributed by atoms with van der Waals surface area (Å²) < 4.78 is 40.3. The normalized spacial score (nSPS) is 13.4. The zero-order valence-corrected chi connectivity index (χ0v) is 12.2. The minimum atomic E-state index is -5.02. The van der Waals surface area contributed by atoms with Crippen molar-refractivity contribution >= 4 is 23.6 Å². The lowest BCUT2D eigenvalue weighted by molar-refractivity contribution is -0.333. The molecule has 0 aromatic heterocycles. The minimum Gasteiger partial charge on any atom is -0.550 e. The molecule has 0 amide bonds. The first kappa shape index (κ1) is 20.0. The van der Waals surface area contributed by atoms with Crippen LogP contribution in [0.15, 0.2) is 24.3 Å². The highest BCUT2D eigenvalue weighted by molar-refractivity contribution is 5.87. The molecule has 1 unspecified atom stereocenters. The SMILES string of the molecule is O=C([O-])CC(O)(CC(=O)ONc1ccccc1OC(F)(F)F)C(=O)[O-]. The Morgan fingerprint density at radius 1 is 1.12 bits per heavy atom. The summed E-state index contributed by atoms with van der Waals surface area (Å²) in [5.41, 5.74) is -1.76. The number of nitrogens with one attached hydrogen (secondary N) is 1. The van der Waals surface area contributed by atoms with Crippen LogP contribution in [0.2, 0.25) is 0 Å². The standard InChI is InChI=1S/C13H12F3NO8/c14-13(15,16)24-8-4-2-1-3-7(8)17-25-10(20)6-12(23,11(21)22)5-9(18)19/h1-4,17,23H,5-6H2,(H,18,19)(H,21,22)/p-2.